The van der Waals surface area contributed by atoms with E-state index in [1.807, 2.05) is 0 Å². The highest BCUT2D eigenvalue weighted by Crippen LogP contribution is 2.19. The van der Waals surface area contributed by atoms with E-state index in [-0.39, 0.29) is 0 Å². The Morgan fingerprint density at radius 1 is 0.938 bits per heavy atom. The van der Waals surface area contributed by atoms with Crippen LogP contribution in [-0.4, -0.2) is 0 Å². The number of hydrogen-bond acceptors (Lipinski definition) is 0. The number of hydrogen-bond donors (Lipinski definition) is 0. The van der Waals surface area contributed by atoms with Gasteiger partial charge >= 0.3 is 0 Å². The Morgan fingerprint density at radius 3 is 2.12 bits per heavy atom. The van der Waals surface area contributed by atoms with Crippen LogP contribution in [-0.2, 0) is 0 Å². The predicted molar refractivity (Wildman–Crippen MR) is 75.8 cm³/mol. The molecular weight excluding hydrogens is 192 g/mol. The van der Waals surface area contributed by atoms with Gasteiger partial charge in [-0.15, -0.1) is 0 Å². The molecule has 1 unspecified atom stereocenters. The summed E-state index contributed by atoms with van der Waals surface area (Å²) in [5, 5.41) is 0. The third kappa shape index (κ3) is 10.3. The zero-order chi connectivity index (χ0) is 12.4. The molecule has 0 N–H and O–H groups in total. The first-order valence-electron chi connectivity index (χ1n) is 7.22. The fraction of sp³-hybridized carbons (Fsp3) is 0.875. The Balaban J connectivity index is 3.36. The van der Waals surface area contributed by atoms with Crippen molar-refractivity contribution in [1.82, 2.24) is 0 Å². The highest BCUT2D eigenvalue weighted by molar-refractivity contribution is 4.93. The molecule has 0 saturated heterocycles. The van der Waals surface area contributed by atoms with Gasteiger partial charge in [0.2, 0.25) is 0 Å². The van der Waals surface area contributed by atoms with E-state index in [1.165, 1.54) is 56.9 Å². The first-order chi connectivity index (χ1) is 7.56. The van der Waals surface area contributed by atoms with Crippen molar-refractivity contribution in [2.45, 2.75) is 79.1 Å². The third-order valence-corrected chi connectivity index (χ3v) is 3.31. The summed E-state index contributed by atoms with van der Waals surface area (Å²) >= 11 is 0. The second-order valence-corrected chi connectivity index (χ2v) is 5.82. The van der Waals surface area contributed by atoms with Gasteiger partial charge in [0, 0.05) is 0 Å². The van der Waals surface area contributed by atoms with Crippen molar-refractivity contribution in [2.75, 3.05) is 0 Å². The molecule has 1 atom stereocenters. The quantitative estimate of drug-likeness (QED) is 0.401. The fourth-order valence-corrected chi connectivity index (χ4v) is 2.20. The molecule has 0 heterocycles. The van der Waals surface area contributed by atoms with Crippen LogP contribution in [0.1, 0.15) is 79.1 Å². The normalized spacial score (nSPS) is 13.1. The lowest BCUT2D eigenvalue weighted by Gasteiger charge is -2.12. The molecule has 96 valence electrons. The van der Waals surface area contributed by atoms with Gasteiger partial charge in [-0.1, -0.05) is 72.0 Å². The van der Waals surface area contributed by atoms with Crippen molar-refractivity contribution in [3.05, 3.63) is 12.2 Å². The van der Waals surface area contributed by atoms with E-state index in [1.54, 1.807) is 0 Å². The first-order valence-corrected chi connectivity index (χ1v) is 7.22. The van der Waals surface area contributed by atoms with E-state index in [9.17, 15) is 0 Å². The SMILES string of the molecule is C=C(CCC)CCCC(C)CCCC(C)C. The smallest absolute Gasteiger partial charge is 0.0323 e. The van der Waals surface area contributed by atoms with Gasteiger partial charge in [0.15, 0.2) is 0 Å². The van der Waals surface area contributed by atoms with E-state index in [0.717, 1.165) is 11.8 Å². The van der Waals surface area contributed by atoms with E-state index in [0.29, 0.717) is 0 Å². The average molecular weight is 224 g/mol. The van der Waals surface area contributed by atoms with Gasteiger partial charge in [-0.25, -0.2) is 0 Å². The van der Waals surface area contributed by atoms with Crippen molar-refractivity contribution < 1.29 is 0 Å². The highest BCUT2D eigenvalue weighted by Gasteiger charge is 2.03. The summed E-state index contributed by atoms with van der Waals surface area (Å²) in [6, 6.07) is 0. The summed E-state index contributed by atoms with van der Waals surface area (Å²) in [6.45, 7) is 13.4. The molecule has 0 aromatic rings. The van der Waals surface area contributed by atoms with Crippen LogP contribution in [0.2, 0.25) is 0 Å². The van der Waals surface area contributed by atoms with E-state index in [4.69, 9.17) is 0 Å². The molecule has 0 bridgehead atoms. The largest absolute Gasteiger partial charge is 0.0999 e. The molecule has 0 amide bonds. The molecule has 0 aromatic heterocycles. The summed E-state index contributed by atoms with van der Waals surface area (Å²) in [6.07, 6.45) is 10.7. The molecule has 16 heavy (non-hydrogen) atoms. The molecule has 0 spiro atoms. The van der Waals surface area contributed by atoms with Gasteiger partial charge in [0.1, 0.15) is 0 Å². The van der Waals surface area contributed by atoms with Crippen LogP contribution in [0.15, 0.2) is 12.2 Å². The maximum Gasteiger partial charge on any atom is -0.0323 e. The molecular formula is C16H32. The molecule has 0 aliphatic rings. The Labute approximate surface area is 104 Å². The average Bonchev–Trinajstić information content (AvgIpc) is 2.17. The summed E-state index contributed by atoms with van der Waals surface area (Å²) in [5.74, 6) is 1.78. The van der Waals surface area contributed by atoms with Crippen LogP contribution in [0.25, 0.3) is 0 Å². The second kappa shape index (κ2) is 9.93. The standard InChI is InChI=1S/C16H32/c1-6-9-15(4)12-8-13-16(5)11-7-10-14(2)3/h14,16H,4,6-13H2,1-3,5H3. The van der Waals surface area contributed by atoms with Crippen molar-refractivity contribution >= 4 is 0 Å². The number of allylic oxidation sites excluding steroid dienone is 1. The zero-order valence-corrected chi connectivity index (χ0v) is 12.0. The van der Waals surface area contributed by atoms with Crippen LogP contribution in [0.4, 0.5) is 0 Å². The lowest BCUT2D eigenvalue weighted by Crippen LogP contribution is -1.97. The highest BCUT2D eigenvalue weighted by atomic mass is 14.1. The van der Waals surface area contributed by atoms with E-state index in [2.05, 4.69) is 34.3 Å². The van der Waals surface area contributed by atoms with Gasteiger partial charge in [0.05, 0.1) is 0 Å². The maximum atomic E-state index is 4.13. The Kier molecular flexibility index (Phi) is 9.77. The molecule has 0 aliphatic carbocycles. The van der Waals surface area contributed by atoms with Crippen LogP contribution in [0, 0.1) is 11.8 Å². The third-order valence-electron chi connectivity index (χ3n) is 3.31. The fourth-order valence-electron chi connectivity index (χ4n) is 2.20. The predicted octanol–water partition coefficient (Wildman–Crippen LogP) is 5.98. The van der Waals surface area contributed by atoms with Crippen LogP contribution in [0.3, 0.4) is 0 Å². The number of rotatable bonds is 10. The topological polar surface area (TPSA) is 0 Å². The second-order valence-electron chi connectivity index (χ2n) is 5.82. The first kappa shape index (κ1) is 15.7. The van der Waals surface area contributed by atoms with Crippen LogP contribution >= 0.6 is 0 Å². The summed E-state index contributed by atoms with van der Waals surface area (Å²) < 4.78 is 0. The molecule has 0 aromatic carbocycles. The van der Waals surface area contributed by atoms with Crippen molar-refractivity contribution in [1.29, 1.82) is 0 Å². The van der Waals surface area contributed by atoms with Crippen molar-refractivity contribution in [3.8, 4) is 0 Å². The lowest BCUT2D eigenvalue weighted by atomic mass is 9.94. The lowest BCUT2D eigenvalue weighted by molar-refractivity contribution is 0.426. The molecule has 0 heteroatoms. The monoisotopic (exact) mass is 224 g/mol. The van der Waals surface area contributed by atoms with Crippen LogP contribution < -0.4 is 0 Å². The molecule has 0 fully saturated rings. The molecule has 0 saturated carbocycles. The van der Waals surface area contributed by atoms with Gasteiger partial charge in [-0.3, -0.25) is 0 Å². The summed E-state index contributed by atoms with van der Waals surface area (Å²) in [5.41, 5.74) is 1.46. The Hall–Kier alpha value is -0.260. The van der Waals surface area contributed by atoms with Gasteiger partial charge in [-0.05, 0) is 31.1 Å². The van der Waals surface area contributed by atoms with Gasteiger partial charge < -0.3 is 0 Å². The molecule has 0 radical (unpaired) electrons. The minimum atomic E-state index is 0.872. The minimum Gasteiger partial charge on any atom is -0.0999 e. The minimum absolute atomic E-state index is 0.872. The van der Waals surface area contributed by atoms with E-state index < -0.39 is 0 Å². The summed E-state index contributed by atoms with van der Waals surface area (Å²) in [7, 11) is 0. The Bertz CT molecular complexity index is 167. The van der Waals surface area contributed by atoms with Gasteiger partial charge in [-0.2, -0.15) is 0 Å². The van der Waals surface area contributed by atoms with Crippen LogP contribution in [0.5, 0.6) is 0 Å². The van der Waals surface area contributed by atoms with Crippen molar-refractivity contribution in [2.24, 2.45) is 11.8 Å². The Morgan fingerprint density at radius 2 is 1.56 bits per heavy atom. The molecule has 0 aliphatic heterocycles. The molecule has 0 nitrogen and oxygen atoms in total. The zero-order valence-electron chi connectivity index (χ0n) is 12.0. The van der Waals surface area contributed by atoms with Gasteiger partial charge in [0.25, 0.3) is 0 Å². The summed E-state index contributed by atoms with van der Waals surface area (Å²) in [4.78, 5) is 0. The molecule has 0 rings (SSSR count). The van der Waals surface area contributed by atoms with Crippen molar-refractivity contribution in [3.63, 3.8) is 0 Å². The van der Waals surface area contributed by atoms with E-state index >= 15 is 0 Å². The maximum absolute atomic E-state index is 4.13.